The van der Waals surface area contributed by atoms with E-state index >= 15 is 0 Å². The van der Waals surface area contributed by atoms with Crippen molar-refractivity contribution in [3.63, 3.8) is 0 Å². The molecule has 3 heterocycles. The van der Waals surface area contributed by atoms with Gasteiger partial charge in [0.05, 0.1) is 0 Å². The Kier molecular flexibility index (Phi) is 4.36. The lowest BCUT2D eigenvalue weighted by atomic mass is 9.94. The van der Waals surface area contributed by atoms with Crippen molar-refractivity contribution in [1.82, 2.24) is 19.7 Å². The Hall–Kier alpha value is -0.940. The number of fused-ring (bicyclic) bond motifs is 1. The van der Waals surface area contributed by atoms with Gasteiger partial charge in [-0.2, -0.15) is 0 Å². The summed E-state index contributed by atoms with van der Waals surface area (Å²) in [6.07, 6.45) is 5.63. The van der Waals surface area contributed by atoms with E-state index in [1.807, 2.05) is 0 Å². The van der Waals surface area contributed by atoms with Crippen LogP contribution in [0.15, 0.2) is 0 Å². The number of aliphatic hydroxyl groups excluding tert-OH is 1. The highest BCUT2D eigenvalue weighted by atomic mass is 16.3. The van der Waals surface area contributed by atoms with Gasteiger partial charge < -0.3 is 14.6 Å². The summed E-state index contributed by atoms with van der Waals surface area (Å²) in [6, 6.07) is 0. The Labute approximate surface area is 121 Å². The fourth-order valence-electron chi connectivity index (χ4n) is 3.62. The smallest absolute Gasteiger partial charge is 0.133 e. The molecule has 5 nitrogen and oxygen atoms in total. The summed E-state index contributed by atoms with van der Waals surface area (Å²) in [6.45, 7) is 7.12. The van der Waals surface area contributed by atoms with Gasteiger partial charge in [0.1, 0.15) is 11.6 Å². The zero-order valence-electron chi connectivity index (χ0n) is 12.5. The maximum Gasteiger partial charge on any atom is 0.133 e. The Morgan fingerprint density at radius 2 is 2.10 bits per heavy atom. The van der Waals surface area contributed by atoms with E-state index in [4.69, 9.17) is 0 Å². The Morgan fingerprint density at radius 3 is 2.90 bits per heavy atom. The number of aliphatic hydroxyl groups is 1. The lowest BCUT2D eigenvalue weighted by molar-refractivity contribution is 0.178. The minimum absolute atomic E-state index is 0.274. The number of hydrogen-bond acceptors (Lipinski definition) is 4. The number of rotatable bonds is 4. The van der Waals surface area contributed by atoms with E-state index in [1.54, 1.807) is 0 Å². The second kappa shape index (κ2) is 6.22. The molecule has 0 bridgehead atoms. The van der Waals surface area contributed by atoms with E-state index in [0.29, 0.717) is 5.92 Å². The van der Waals surface area contributed by atoms with Crippen LogP contribution in [0.2, 0.25) is 0 Å². The third kappa shape index (κ3) is 2.88. The molecule has 0 spiro atoms. The van der Waals surface area contributed by atoms with Crippen LogP contribution >= 0.6 is 0 Å². The average molecular weight is 278 g/mol. The first-order chi connectivity index (χ1) is 9.80. The fraction of sp³-hybridized carbons (Fsp3) is 0.867. The zero-order chi connectivity index (χ0) is 13.9. The van der Waals surface area contributed by atoms with Gasteiger partial charge in [0.2, 0.25) is 0 Å². The zero-order valence-corrected chi connectivity index (χ0v) is 12.5. The molecule has 0 saturated carbocycles. The van der Waals surface area contributed by atoms with Crippen LogP contribution in [0, 0.1) is 11.8 Å². The molecule has 3 rings (SSSR count). The van der Waals surface area contributed by atoms with Gasteiger partial charge in [-0.15, -0.1) is 10.2 Å². The van der Waals surface area contributed by atoms with Crippen molar-refractivity contribution in [1.29, 1.82) is 0 Å². The quantitative estimate of drug-likeness (QED) is 0.896. The maximum absolute atomic E-state index is 9.28. The highest BCUT2D eigenvalue weighted by Gasteiger charge is 2.25. The van der Waals surface area contributed by atoms with Crippen molar-refractivity contribution in [2.45, 2.75) is 45.6 Å². The molecule has 20 heavy (non-hydrogen) atoms. The summed E-state index contributed by atoms with van der Waals surface area (Å²) in [5.41, 5.74) is 0. The Balaban J connectivity index is 1.65. The van der Waals surface area contributed by atoms with Gasteiger partial charge in [-0.25, -0.2) is 0 Å². The third-order valence-corrected chi connectivity index (χ3v) is 4.92. The predicted octanol–water partition coefficient (Wildman–Crippen LogP) is 1.11. The van der Waals surface area contributed by atoms with Gasteiger partial charge in [-0.1, -0.05) is 6.92 Å². The van der Waals surface area contributed by atoms with Crippen molar-refractivity contribution >= 4 is 0 Å². The van der Waals surface area contributed by atoms with E-state index in [0.717, 1.165) is 44.1 Å². The third-order valence-electron chi connectivity index (χ3n) is 4.92. The molecule has 1 aromatic rings. The van der Waals surface area contributed by atoms with Crippen LogP contribution in [0.1, 0.15) is 37.8 Å². The van der Waals surface area contributed by atoms with Crippen molar-refractivity contribution in [3.05, 3.63) is 11.6 Å². The largest absolute Gasteiger partial charge is 0.396 e. The van der Waals surface area contributed by atoms with Crippen molar-refractivity contribution in [2.24, 2.45) is 11.8 Å². The number of hydrogen-bond donors (Lipinski definition) is 1. The molecule has 2 aliphatic rings. The number of likely N-dealkylation sites (tertiary alicyclic amines) is 1. The van der Waals surface area contributed by atoms with Gasteiger partial charge >= 0.3 is 0 Å². The Morgan fingerprint density at radius 1 is 1.20 bits per heavy atom. The summed E-state index contributed by atoms with van der Waals surface area (Å²) in [7, 11) is 0. The second-order valence-electron chi connectivity index (χ2n) is 6.33. The summed E-state index contributed by atoms with van der Waals surface area (Å²) < 4.78 is 2.30. The van der Waals surface area contributed by atoms with Crippen molar-refractivity contribution in [2.75, 3.05) is 26.2 Å². The van der Waals surface area contributed by atoms with Gasteiger partial charge in [0.25, 0.3) is 0 Å². The van der Waals surface area contributed by atoms with Gasteiger partial charge in [0.15, 0.2) is 0 Å². The molecular formula is C15H26N4O. The molecule has 2 atom stereocenters. The molecule has 0 aliphatic carbocycles. The van der Waals surface area contributed by atoms with Crippen LogP contribution in [0.25, 0.3) is 0 Å². The van der Waals surface area contributed by atoms with E-state index in [9.17, 15) is 5.11 Å². The van der Waals surface area contributed by atoms with Crippen LogP contribution in [0.5, 0.6) is 0 Å². The fourth-order valence-corrected chi connectivity index (χ4v) is 3.62. The summed E-state index contributed by atoms with van der Waals surface area (Å²) in [5, 5.41) is 18.0. The SMILES string of the molecule is CCN1CCCC(Cc2nnc3n2CCC(CO)C3)C1. The number of nitrogens with zero attached hydrogens (tertiary/aromatic N) is 4. The molecular weight excluding hydrogens is 252 g/mol. The highest BCUT2D eigenvalue weighted by Crippen LogP contribution is 2.24. The maximum atomic E-state index is 9.28. The molecule has 1 fully saturated rings. The second-order valence-corrected chi connectivity index (χ2v) is 6.33. The van der Waals surface area contributed by atoms with Crippen molar-refractivity contribution in [3.8, 4) is 0 Å². The lowest BCUT2D eigenvalue weighted by Gasteiger charge is -2.32. The summed E-state index contributed by atoms with van der Waals surface area (Å²) >= 11 is 0. The van der Waals surface area contributed by atoms with Gasteiger partial charge in [-0.05, 0) is 44.2 Å². The molecule has 2 unspecified atom stereocenters. The Bertz CT molecular complexity index is 445. The van der Waals surface area contributed by atoms with E-state index in [1.165, 1.54) is 31.8 Å². The molecule has 0 radical (unpaired) electrons. The predicted molar refractivity (Wildman–Crippen MR) is 77.5 cm³/mol. The monoisotopic (exact) mass is 278 g/mol. The van der Waals surface area contributed by atoms with Crippen LogP contribution < -0.4 is 0 Å². The normalized spacial score (nSPS) is 27.5. The molecule has 112 valence electrons. The topological polar surface area (TPSA) is 54.2 Å². The highest BCUT2D eigenvalue weighted by molar-refractivity contribution is 5.02. The van der Waals surface area contributed by atoms with Gasteiger partial charge in [-0.3, -0.25) is 0 Å². The van der Waals surface area contributed by atoms with Crippen LogP contribution in [0.3, 0.4) is 0 Å². The van der Waals surface area contributed by atoms with Crippen LogP contribution in [-0.4, -0.2) is 51.0 Å². The standard InChI is InChI=1S/C15H26N4O/c1-2-18-6-3-4-12(10-18)8-14-16-17-15-9-13(11-20)5-7-19(14)15/h12-13,20H,2-11H2,1H3. The lowest BCUT2D eigenvalue weighted by Crippen LogP contribution is -2.36. The molecule has 1 saturated heterocycles. The molecule has 1 aromatic heterocycles. The first kappa shape index (κ1) is 14.0. The average Bonchev–Trinajstić information content (AvgIpc) is 2.89. The summed E-state index contributed by atoms with van der Waals surface area (Å²) in [4.78, 5) is 2.55. The number of piperidine rings is 1. The first-order valence-corrected chi connectivity index (χ1v) is 8.04. The van der Waals surface area contributed by atoms with Crippen molar-refractivity contribution < 1.29 is 5.11 Å². The molecule has 5 heteroatoms. The molecule has 0 amide bonds. The molecule has 1 N–H and O–H groups in total. The van der Waals surface area contributed by atoms with Crippen LogP contribution in [-0.2, 0) is 19.4 Å². The molecule has 2 aliphatic heterocycles. The minimum Gasteiger partial charge on any atom is -0.396 e. The summed E-state index contributed by atoms with van der Waals surface area (Å²) in [5.74, 6) is 3.35. The minimum atomic E-state index is 0.274. The molecule has 0 aromatic carbocycles. The van der Waals surface area contributed by atoms with E-state index < -0.39 is 0 Å². The van der Waals surface area contributed by atoms with Gasteiger partial charge in [0, 0.05) is 32.5 Å². The van der Waals surface area contributed by atoms with E-state index in [2.05, 4.69) is 26.6 Å². The number of aromatic nitrogens is 3. The first-order valence-electron chi connectivity index (χ1n) is 8.04. The van der Waals surface area contributed by atoms with E-state index in [-0.39, 0.29) is 6.61 Å². The van der Waals surface area contributed by atoms with Crippen LogP contribution in [0.4, 0.5) is 0 Å².